The van der Waals surface area contributed by atoms with Crippen molar-refractivity contribution in [2.45, 2.75) is 4.34 Å². The number of benzene rings is 2. The number of hydrogen-bond donors (Lipinski definition) is 0. The molecule has 0 spiro atoms. The first-order valence-corrected chi connectivity index (χ1v) is 9.95. The topological polar surface area (TPSA) is 70.0 Å². The molecule has 0 unspecified atom stereocenters. The molecule has 2 aromatic carbocycles. The molecular weight excluding hydrogens is 384 g/mol. The Morgan fingerprint density at radius 3 is 2.96 bits per heavy atom. The molecule has 0 atom stereocenters. The maximum atomic E-state index is 12.1. The Morgan fingerprint density at radius 1 is 1.15 bits per heavy atom. The Labute approximate surface area is 162 Å². The minimum atomic E-state index is -0.451. The van der Waals surface area contributed by atoms with Gasteiger partial charge in [-0.15, -0.1) is 11.3 Å². The minimum absolute atomic E-state index is 0.211. The summed E-state index contributed by atoms with van der Waals surface area (Å²) in [4.78, 5) is 21.6. The second kappa shape index (κ2) is 6.71. The third-order valence-corrected chi connectivity index (χ3v) is 6.27. The van der Waals surface area contributed by atoms with Crippen LogP contribution < -0.4 is 9.47 Å². The molecule has 1 aromatic heterocycles. The van der Waals surface area contributed by atoms with Crippen molar-refractivity contribution in [2.75, 3.05) is 12.5 Å². The number of aromatic nitrogens is 1. The van der Waals surface area contributed by atoms with Gasteiger partial charge in [0, 0.05) is 5.75 Å². The SMILES string of the molecule is O=C1ON=C(CSc2nc3ccccc3s2)C1=Cc1ccc2c(c1)OCO2. The standard InChI is InChI=1S/C19H12N2O4S2/c22-18-12(7-11-5-6-15-16(8-11)24-10-23-15)14(21-25-18)9-26-19-20-13-3-1-2-4-17(13)27-19/h1-8H,9-10H2. The number of fused-ring (bicyclic) bond motifs is 2. The number of nitrogens with zero attached hydrogens (tertiary/aromatic N) is 2. The van der Waals surface area contributed by atoms with Crippen molar-refractivity contribution in [3.8, 4) is 11.5 Å². The van der Waals surface area contributed by atoms with Crippen molar-refractivity contribution < 1.29 is 19.1 Å². The second-order valence-corrected chi connectivity index (χ2v) is 8.08. The van der Waals surface area contributed by atoms with Crippen LogP contribution in [-0.2, 0) is 9.63 Å². The molecule has 0 saturated heterocycles. The first-order valence-electron chi connectivity index (χ1n) is 8.14. The lowest BCUT2D eigenvalue weighted by atomic mass is 10.1. The van der Waals surface area contributed by atoms with Crippen LogP contribution in [0.25, 0.3) is 16.3 Å². The van der Waals surface area contributed by atoms with E-state index in [1.54, 1.807) is 17.4 Å². The zero-order valence-electron chi connectivity index (χ0n) is 13.9. The van der Waals surface area contributed by atoms with Gasteiger partial charge in [-0.1, -0.05) is 35.1 Å². The largest absolute Gasteiger partial charge is 0.454 e. The van der Waals surface area contributed by atoms with Gasteiger partial charge in [0.05, 0.1) is 15.8 Å². The minimum Gasteiger partial charge on any atom is -0.454 e. The molecule has 0 radical (unpaired) electrons. The molecule has 0 N–H and O–H groups in total. The summed E-state index contributed by atoms with van der Waals surface area (Å²) in [6.45, 7) is 0.211. The van der Waals surface area contributed by atoms with Crippen LogP contribution in [-0.4, -0.2) is 29.2 Å². The molecule has 0 aliphatic carbocycles. The third-order valence-electron chi connectivity index (χ3n) is 4.08. The van der Waals surface area contributed by atoms with Crippen LogP contribution in [0.2, 0.25) is 0 Å². The Balaban J connectivity index is 1.36. The van der Waals surface area contributed by atoms with E-state index >= 15 is 0 Å². The van der Waals surface area contributed by atoms with Crippen LogP contribution in [0, 0.1) is 0 Å². The normalized spacial score (nSPS) is 16.8. The quantitative estimate of drug-likeness (QED) is 0.375. The Morgan fingerprint density at radius 2 is 2.04 bits per heavy atom. The van der Waals surface area contributed by atoms with Gasteiger partial charge in [0.25, 0.3) is 0 Å². The second-order valence-electron chi connectivity index (χ2n) is 5.82. The summed E-state index contributed by atoms with van der Waals surface area (Å²) in [5.41, 5.74) is 2.84. The molecule has 3 heterocycles. The highest BCUT2D eigenvalue weighted by Crippen LogP contribution is 2.34. The van der Waals surface area contributed by atoms with Gasteiger partial charge < -0.3 is 14.3 Å². The zero-order chi connectivity index (χ0) is 18.2. The number of para-hydroxylation sites is 1. The smallest absolute Gasteiger partial charge is 0.367 e. The monoisotopic (exact) mass is 396 g/mol. The van der Waals surface area contributed by atoms with E-state index in [-0.39, 0.29) is 6.79 Å². The van der Waals surface area contributed by atoms with Crippen LogP contribution >= 0.6 is 23.1 Å². The summed E-state index contributed by atoms with van der Waals surface area (Å²) in [6, 6.07) is 13.5. The molecule has 134 valence electrons. The summed E-state index contributed by atoms with van der Waals surface area (Å²) < 4.78 is 12.8. The number of rotatable bonds is 4. The molecule has 27 heavy (non-hydrogen) atoms. The fraction of sp³-hybridized carbons (Fsp3) is 0.105. The molecule has 2 aliphatic rings. The van der Waals surface area contributed by atoms with Crippen LogP contribution in [0.15, 0.2) is 57.5 Å². The molecule has 5 rings (SSSR count). The van der Waals surface area contributed by atoms with Crippen molar-refractivity contribution in [1.29, 1.82) is 0 Å². The molecule has 3 aromatic rings. The van der Waals surface area contributed by atoms with Crippen LogP contribution in [0.1, 0.15) is 5.56 Å². The summed E-state index contributed by atoms with van der Waals surface area (Å²) >= 11 is 3.16. The number of hydrogen-bond acceptors (Lipinski definition) is 8. The number of ether oxygens (including phenoxy) is 2. The molecule has 0 bridgehead atoms. The first kappa shape index (κ1) is 16.3. The van der Waals surface area contributed by atoms with Gasteiger partial charge in [-0.05, 0) is 35.9 Å². The molecule has 0 fully saturated rings. The molecule has 0 saturated carbocycles. The third kappa shape index (κ3) is 3.17. The maximum absolute atomic E-state index is 12.1. The van der Waals surface area contributed by atoms with Crippen molar-refractivity contribution in [3.05, 3.63) is 53.6 Å². The van der Waals surface area contributed by atoms with Crippen LogP contribution in [0.4, 0.5) is 0 Å². The van der Waals surface area contributed by atoms with Crippen molar-refractivity contribution in [3.63, 3.8) is 0 Å². The van der Waals surface area contributed by atoms with Gasteiger partial charge in [0.2, 0.25) is 6.79 Å². The van der Waals surface area contributed by atoms with Gasteiger partial charge >= 0.3 is 5.97 Å². The summed E-state index contributed by atoms with van der Waals surface area (Å²) in [6.07, 6.45) is 1.76. The molecule has 2 aliphatic heterocycles. The predicted octanol–water partition coefficient (Wildman–Crippen LogP) is 4.11. The van der Waals surface area contributed by atoms with E-state index < -0.39 is 5.97 Å². The van der Waals surface area contributed by atoms with Crippen molar-refractivity contribution in [2.24, 2.45) is 5.16 Å². The first-order chi connectivity index (χ1) is 13.3. The van der Waals surface area contributed by atoms with E-state index in [0.717, 1.165) is 20.1 Å². The Hall–Kier alpha value is -2.84. The highest BCUT2D eigenvalue weighted by Gasteiger charge is 2.26. The van der Waals surface area contributed by atoms with E-state index in [4.69, 9.17) is 14.3 Å². The van der Waals surface area contributed by atoms with E-state index in [1.807, 2.05) is 42.5 Å². The van der Waals surface area contributed by atoms with Gasteiger partial charge in [-0.25, -0.2) is 9.78 Å². The molecular formula is C19H12N2O4S2. The summed E-state index contributed by atoms with van der Waals surface area (Å²) in [5, 5.41) is 3.93. The lowest BCUT2D eigenvalue weighted by molar-refractivity contribution is -0.136. The summed E-state index contributed by atoms with van der Waals surface area (Å²) in [7, 11) is 0. The number of thioether (sulfide) groups is 1. The number of thiazole rings is 1. The highest BCUT2D eigenvalue weighted by atomic mass is 32.2. The van der Waals surface area contributed by atoms with E-state index in [0.29, 0.717) is 28.5 Å². The van der Waals surface area contributed by atoms with E-state index in [2.05, 4.69) is 10.1 Å². The van der Waals surface area contributed by atoms with Gasteiger partial charge in [-0.2, -0.15) is 0 Å². The summed E-state index contributed by atoms with van der Waals surface area (Å²) in [5.74, 6) is 1.42. The van der Waals surface area contributed by atoms with Gasteiger partial charge in [-0.3, -0.25) is 0 Å². The van der Waals surface area contributed by atoms with Crippen LogP contribution in [0.3, 0.4) is 0 Å². The fourth-order valence-electron chi connectivity index (χ4n) is 2.77. The number of carbonyl (C=O) groups is 1. The number of oxime groups is 1. The van der Waals surface area contributed by atoms with E-state index in [9.17, 15) is 4.79 Å². The lowest BCUT2D eigenvalue weighted by Crippen LogP contribution is -2.07. The van der Waals surface area contributed by atoms with Gasteiger partial charge in [0.15, 0.2) is 15.8 Å². The lowest BCUT2D eigenvalue weighted by Gasteiger charge is -2.01. The Kier molecular flexibility index (Phi) is 4.06. The van der Waals surface area contributed by atoms with Crippen molar-refractivity contribution >= 4 is 51.1 Å². The van der Waals surface area contributed by atoms with Crippen molar-refractivity contribution in [1.82, 2.24) is 4.98 Å². The molecule has 8 heteroatoms. The highest BCUT2D eigenvalue weighted by molar-refractivity contribution is 8.01. The average Bonchev–Trinajstić information content (AvgIpc) is 3.39. The zero-order valence-corrected chi connectivity index (χ0v) is 15.5. The predicted molar refractivity (Wildman–Crippen MR) is 104 cm³/mol. The fourth-order valence-corrected chi connectivity index (χ4v) is 4.78. The van der Waals surface area contributed by atoms with Crippen LogP contribution in [0.5, 0.6) is 11.5 Å². The Bertz CT molecular complexity index is 1090. The van der Waals surface area contributed by atoms with Gasteiger partial charge in [0.1, 0.15) is 5.71 Å². The maximum Gasteiger partial charge on any atom is 0.367 e. The average molecular weight is 396 g/mol. The van der Waals surface area contributed by atoms with E-state index in [1.165, 1.54) is 11.8 Å². The number of carbonyl (C=O) groups excluding carboxylic acids is 1. The molecule has 6 nitrogen and oxygen atoms in total. The molecule has 0 amide bonds.